The number of piperidine rings is 1. The minimum atomic E-state index is -0.435. The third-order valence-electron chi connectivity index (χ3n) is 5.99. The molecule has 1 aromatic heterocycles. The van der Waals surface area contributed by atoms with Crippen LogP contribution < -0.4 is 10.6 Å². The number of carbonyl (C=O) groups excluding carboxylic acids is 3. The molecular weight excluding hydrogens is 448 g/mol. The van der Waals surface area contributed by atoms with Crippen molar-refractivity contribution in [3.63, 3.8) is 0 Å². The minimum absolute atomic E-state index is 0.0309. The van der Waals surface area contributed by atoms with Gasteiger partial charge < -0.3 is 15.5 Å². The average Bonchev–Trinajstić information content (AvgIpc) is 3.29. The molecule has 0 radical (unpaired) electrons. The number of nitrogens with zero attached hydrogens (tertiary/aromatic N) is 2. The molecule has 1 atom stereocenters. The Hall–Kier alpha value is -3.52. The Balaban J connectivity index is 1.35. The van der Waals surface area contributed by atoms with Crippen LogP contribution in [0.25, 0.3) is 0 Å². The molecular formula is C26H28N4O3S. The quantitative estimate of drug-likeness (QED) is 0.535. The van der Waals surface area contributed by atoms with Gasteiger partial charge in [0.25, 0.3) is 5.91 Å². The Morgan fingerprint density at radius 1 is 1.03 bits per heavy atom. The summed E-state index contributed by atoms with van der Waals surface area (Å²) in [4.78, 5) is 44.6. The monoisotopic (exact) mass is 476 g/mol. The van der Waals surface area contributed by atoms with E-state index in [1.807, 2.05) is 60.8 Å². The number of likely N-dealkylation sites (tertiary alicyclic amines) is 1. The molecule has 0 spiro atoms. The SMILES string of the molecule is Cc1csc(NC(=O)C2CCN(C(=O)CC(NC(=O)c3ccccc3)c3ccccc3)CC2)n1. The van der Waals surface area contributed by atoms with E-state index in [2.05, 4.69) is 15.6 Å². The first-order valence-corrected chi connectivity index (χ1v) is 12.3. The predicted octanol–water partition coefficient (Wildman–Crippen LogP) is 4.19. The Morgan fingerprint density at radius 2 is 1.68 bits per heavy atom. The molecule has 1 saturated heterocycles. The number of anilines is 1. The molecule has 2 aromatic carbocycles. The summed E-state index contributed by atoms with van der Waals surface area (Å²) in [5.41, 5.74) is 2.32. The summed E-state index contributed by atoms with van der Waals surface area (Å²) in [5, 5.41) is 8.42. The van der Waals surface area contributed by atoms with Gasteiger partial charge in [-0.15, -0.1) is 11.3 Å². The Morgan fingerprint density at radius 3 is 2.29 bits per heavy atom. The highest BCUT2D eigenvalue weighted by Crippen LogP contribution is 2.24. The van der Waals surface area contributed by atoms with Crippen LogP contribution in [-0.2, 0) is 9.59 Å². The molecule has 1 fully saturated rings. The third kappa shape index (κ3) is 6.08. The lowest BCUT2D eigenvalue weighted by molar-refractivity contribution is -0.135. The first-order chi connectivity index (χ1) is 16.5. The molecule has 4 rings (SSSR count). The van der Waals surface area contributed by atoms with Crippen molar-refractivity contribution in [1.29, 1.82) is 0 Å². The molecule has 0 aliphatic carbocycles. The average molecular weight is 477 g/mol. The molecule has 0 saturated carbocycles. The molecule has 3 aromatic rings. The van der Waals surface area contributed by atoms with Gasteiger partial charge in [0.1, 0.15) is 0 Å². The number of hydrogen-bond donors (Lipinski definition) is 2. The van der Waals surface area contributed by atoms with E-state index in [4.69, 9.17) is 0 Å². The zero-order valence-electron chi connectivity index (χ0n) is 19.1. The van der Waals surface area contributed by atoms with E-state index in [1.165, 1.54) is 11.3 Å². The molecule has 8 heteroatoms. The van der Waals surface area contributed by atoms with Crippen molar-refractivity contribution < 1.29 is 14.4 Å². The molecule has 1 aliphatic rings. The van der Waals surface area contributed by atoms with Crippen molar-refractivity contribution in [2.45, 2.75) is 32.2 Å². The molecule has 176 valence electrons. The number of aromatic nitrogens is 1. The highest BCUT2D eigenvalue weighted by atomic mass is 32.1. The topological polar surface area (TPSA) is 91.4 Å². The fourth-order valence-electron chi connectivity index (χ4n) is 4.08. The van der Waals surface area contributed by atoms with Gasteiger partial charge in [-0.05, 0) is 37.5 Å². The fraction of sp³-hybridized carbons (Fsp3) is 0.308. The summed E-state index contributed by atoms with van der Waals surface area (Å²) in [7, 11) is 0. The number of hydrogen-bond acceptors (Lipinski definition) is 5. The van der Waals surface area contributed by atoms with Crippen LogP contribution in [0, 0.1) is 12.8 Å². The van der Waals surface area contributed by atoms with Gasteiger partial charge in [-0.3, -0.25) is 14.4 Å². The second-order valence-electron chi connectivity index (χ2n) is 8.45. The van der Waals surface area contributed by atoms with E-state index in [0.717, 1.165) is 11.3 Å². The second-order valence-corrected chi connectivity index (χ2v) is 9.30. The molecule has 0 bridgehead atoms. The van der Waals surface area contributed by atoms with Crippen molar-refractivity contribution in [3.8, 4) is 0 Å². The van der Waals surface area contributed by atoms with Crippen LogP contribution in [0.4, 0.5) is 5.13 Å². The van der Waals surface area contributed by atoms with Crippen LogP contribution in [0.5, 0.6) is 0 Å². The van der Waals surface area contributed by atoms with Crippen LogP contribution in [0.15, 0.2) is 66.0 Å². The molecule has 2 heterocycles. The van der Waals surface area contributed by atoms with Gasteiger partial charge >= 0.3 is 0 Å². The Bertz CT molecular complexity index is 1130. The summed E-state index contributed by atoms with van der Waals surface area (Å²) in [6.45, 7) is 2.92. The number of benzene rings is 2. The predicted molar refractivity (Wildman–Crippen MR) is 132 cm³/mol. The highest BCUT2D eigenvalue weighted by molar-refractivity contribution is 7.13. The lowest BCUT2D eigenvalue weighted by atomic mass is 9.95. The van der Waals surface area contributed by atoms with Crippen LogP contribution in [0.1, 0.15) is 46.9 Å². The van der Waals surface area contributed by atoms with Crippen molar-refractivity contribution in [1.82, 2.24) is 15.2 Å². The summed E-state index contributed by atoms with van der Waals surface area (Å²) in [6, 6.07) is 18.1. The van der Waals surface area contributed by atoms with E-state index in [0.29, 0.717) is 36.6 Å². The maximum Gasteiger partial charge on any atom is 0.251 e. The number of carbonyl (C=O) groups is 3. The van der Waals surface area contributed by atoms with Crippen LogP contribution in [0.2, 0.25) is 0 Å². The number of amides is 3. The van der Waals surface area contributed by atoms with E-state index >= 15 is 0 Å². The molecule has 1 unspecified atom stereocenters. The van der Waals surface area contributed by atoms with Gasteiger partial charge in [0.05, 0.1) is 18.2 Å². The third-order valence-corrected chi connectivity index (χ3v) is 6.87. The molecule has 1 aliphatic heterocycles. The Kier molecular flexibility index (Phi) is 7.69. The van der Waals surface area contributed by atoms with Gasteiger partial charge in [0.2, 0.25) is 11.8 Å². The lowest BCUT2D eigenvalue weighted by Gasteiger charge is -2.32. The van der Waals surface area contributed by atoms with Gasteiger partial charge in [-0.25, -0.2) is 4.98 Å². The number of thiazole rings is 1. The number of rotatable bonds is 7. The van der Waals surface area contributed by atoms with Crippen LogP contribution >= 0.6 is 11.3 Å². The van der Waals surface area contributed by atoms with Crippen molar-refractivity contribution in [2.24, 2.45) is 5.92 Å². The normalized spacial score (nSPS) is 14.9. The number of nitrogens with one attached hydrogen (secondary N) is 2. The summed E-state index contributed by atoms with van der Waals surface area (Å²) < 4.78 is 0. The zero-order chi connectivity index (χ0) is 23.9. The summed E-state index contributed by atoms with van der Waals surface area (Å²) in [5.74, 6) is -0.429. The molecule has 34 heavy (non-hydrogen) atoms. The van der Waals surface area contributed by atoms with Crippen LogP contribution in [0.3, 0.4) is 0 Å². The molecule has 2 N–H and O–H groups in total. The largest absolute Gasteiger partial charge is 0.345 e. The van der Waals surface area contributed by atoms with Gasteiger partial charge in [-0.1, -0.05) is 48.5 Å². The van der Waals surface area contributed by atoms with E-state index in [9.17, 15) is 14.4 Å². The first-order valence-electron chi connectivity index (χ1n) is 11.4. The van der Waals surface area contributed by atoms with Gasteiger partial charge in [-0.2, -0.15) is 0 Å². The first kappa shape index (κ1) is 23.6. The van der Waals surface area contributed by atoms with E-state index in [-0.39, 0.29) is 30.1 Å². The molecule has 3 amide bonds. The van der Waals surface area contributed by atoms with Crippen molar-refractivity contribution in [2.75, 3.05) is 18.4 Å². The summed E-state index contributed by atoms with van der Waals surface area (Å²) >= 11 is 1.41. The second kappa shape index (κ2) is 11.1. The smallest absolute Gasteiger partial charge is 0.251 e. The Labute approximate surface area is 203 Å². The minimum Gasteiger partial charge on any atom is -0.345 e. The van der Waals surface area contributed by atoms with Crippen molar-refractivity contribution >= 4 is 34.2 Å². The zero-order valence-corrected chi connectivity index (χ0v) is 19.9. The lowest BCUT2D eigenvalue weighted by Crippen LogP contribution is -2.43. The van der Waals surface area contributed by atoms with Crippen LogP contribution in [-0.4, -0.2) is 40.7 Å². The standard InChI is InChI=1S/C26H28N4O3S/c1-18-17-34-26(27-18)29-25(33)21-12-14-30(15-13-21)23(31)16-22(19-8-4-2-5-9-19)28-24(32)20-10-6-3-7-11-20/h2-11,17,21-22H,12-16H2,1H3,(H,28,32)(H,27,29,33). The van der Waals surface area contributed by atoms with Gasteiger partial charge in [0.15, 0.2) is 5.13 Å². The maximum absolute atomic E-state index is 13.1. The molecule has 7 nitrogen and oxygen atoms in total. The number of aryl methyl sites for hydroxylation is 1. The highest BCUT2D eigenvalue weighted by Gasteiger charge is 2.29. The fourth-order valence-corrected chi connectivity index (χ4v) is 4.77. The maximum atomic E-state index is 13.1. The van der Waals surface area contributed by atoms with Gasteiger partial charge in [0, 0.05) is 30.0 Å². The summed E-state index contributed by atoms with van der Waals surface area (Å²) in [6.07, 6.45) is 1.38. The van der Waals surface area contributed by atoms with E-state index in [1.54, 1.807) is 17.0 Å². The van der Waals surface area contributed by atoms with E-state index < -0.39 is 6.04 Å². The van der Waals surface area contributed by atoms with Crippen molar-refractivity contribution in [3.05, 3.63) is 82.9 Å².